The van der Waals surface area contributed by atoms with Gasteiger partial charge >= 0.3 is 33.3 Å². The first-order valence-electron chi connectivity index (χ1n) is 23.4. The van der Waals surface area contributed by atoms with Crippen LogP contribution in [0.3, 0.4) is 0 Å². The van der Waals surface area contributed by atoms with Gasteiger partial charge < -0.3 is 45.1 Å². The number of aromatic nitrogens is 2. The van der Waals surface area contributed by atoms with Crippen molar-refractivity contribution < 1.29 is 71.4 Å². The summed E-state index contributed by atoms with van der Waals surface area (Å²) in [5, 5.41) is 31.1. The van der Waals surface area contributed by atoms with E-state index in [1.54, 1.807) is 24.3 Å². The fraction of sp³-hybridized carbons (Fsp3) is 0.617. The van der Waals surface area contributed by atoms with Gasteiger partial charge in [0.05, 0.1) is 19.3 Å². The van der Waals surface area contributed by atoms with Gasteiger partial charge in [0.2, 0.25) is 0 Å². The van der Waals surface area contributed by atoms with Crippen LogP contribution in [0.4, 0.5) is 5.82 Å². The van der Waals surface area contributed by atoms with E-state index in [1.807, 2.05) is 12.2 Å². The Morgan fingerprint density at radius 3 is 2.12 bits per heavy atom. The Kier molecular flexibility index (Phi) is 30.5. The molecule has 1 fully saturated rings. The van der Waals surface area contributed by atoms with Crippen LogP contribution in [0.1, 0.15) is 130 Å². The van der Waals surface area contributed by atoms with E-state index >= 15 is 0 Å². The monoisotopic (exact) mass is 999 g/mol. The molecule has 0 saturated carbocycles. The van der Waals surface area contributed by atoms with Crippen LogP contribution in [0.5, 0.6) is 0 Å². The molecule has 1 aliphatic heterocycles. The van der Waals surface area contributed by atoms with E-state index in [2.05, 4.69) is 66.5 Å². The molecule has 0 bridgehead atoms. The summed E-state index contributed by atoms with van der Waals surface area (Å²) in [7, 11) is -10.9. The molecule has 2 rings (SSSR count). The van der Waals surface area contributed by atoms with E-state index in [0.717, 1.165) is 62.1 Å². The number of aliphatic hydroxyl groups excluding tert-OH is 3. The molecule has 8 atom stereocenters. The van der Waals surface area contributed by atoms with Crippen molar-refractivity contribution in [2.24, 2.45) is 5.92 Å². The number of hydrogen-bond acceptors (Lipinski definition) is 16. The molecular formula is C47H75N3O16P2. The van der Waals surface area contributed by atoms with Crippen LogP contribution in [-0.2, 0) is 46.3 Å². The Hall–Kier alpha value is -3.84. The number of rotatable bonds is 36. The Bertz CT molecular complexity index is 1950. The van der Waals surface area contributed by atoms with Crippen LogP contribution in [0.25, 0.3) is 0 Å². The van der Waals surface area contributed by atoms with E-state index in [4.69, 9.17) is 29.0 Å². The molecule has 1 saturated heterocycles. The molecule has 19 nitrogen and oxygen atoms in total. The highest BCUT2D eigenvalue weighted by atomic mass is 31.3. The van der Waals surface area contributed by atoms with Gasteiger partial charge in [-0.1, -0.05) is 139 Å². The molecule has 68 heavy (non-hydrogen) atoms. The van der Waals surface area contributed by atoms with Crippen LogP contribution in [0.15, 0.2) is 90.0 Å². The molecule has 1 aliphatic rings. The molecule has 0 aromatic carbocycles. The highest BCUT2D eigenvalue weighted by molar-refractivity contribution is 7.61. The first-order valence-corrected chi connectivity index (χ1v) is 26.4. The lowest BCUT2D eigenvalue weighted by molar-refractivity contribution is -0.161. The van der Waals surface area contributed by atoms with Gasteiger partial charge in [-0.2, -0.15) is 9.29 Å². The molecule has 0 amide bonds. The predicted molar refractivity (Wildman–Crippen MR) is 258 cm³/mol. The standard InChI is InChI=1S/C47H75N3O16P2/c1-4-5-6-7-8-9-10-11-12-13-16-19-23-28-38(51)29-24-21-26-31-43(53)64-39(34-61-42(52)30-25-20-17-14-15-18-22-27-37(2)3)35-62-67(57,58)66-68(59,60)63-36-40-44(54)45(55)46(65-40)50-33-32-41(48)49-47(50)56/h5-6,8-9,11-12,16,19,21,23-24,28,32-33,37-40,44-46,51,54-55H,4,7,10,13-15,17-18,20,22,25-27,29-31,34-36H2,1-3H3,(H,57,58)(H,59,60)(H2,48,49,56)/b6-5-,9-8-,12-11-,19-16-,24-21-,28-23-/t38?,39-,40-,44-,45-,46-/m1/s1. The molecular weight excluding hydrogens is 924 g/mol. The van der Waals surface area contributed by atoms with Crippen molar-refractivity contribution in [2.75, 3.05) is 25.6 Å². The Labute approximate surface area is 400 Å². The van der Waals surface area contributed by atoms with Crippen molar-refractivity contribution in [3.63, 3.8) is 0 Å². The number of hydrogen-bond donors (Lipinski definition) is 6. The van der Waals surface area contributed by atoms with E-state index in [9.17, 15) is 48.6 Å². The number of unbranched alkanes of at least 4 members (excludes halogenated alkanes) is 6. The minimum absolute atomic E-state index is 0.0849. The minimum atomic E-state index is -5.46. The number of nitrogens with zero attached hydrogens (tertiary/aromatic N) is 2. The summed E-state index contributed by atoms with van der Waals surface area (Å²) < 4.78 is 56.4. The van der Waals surface area contributed by atoms with Crippen molar-refractivity contribution >= 4 is 33.4 Å². The number of aliphatic hydroxyl groups is 3. The van der Waals surface area contributed by atoms with Gasteiger partial charge in [-0.3, -0.25) is 23.2 Å². The number of ether oxygens (including phenoxy) is 3. The molecule has 0 spiro atoms. The number of nitrogens with two attached hydrogens (primary N) is 1. The summed E-state index contributed by atoms with van der Waals surface area (Å²) in [5.41, 5.74) is 4.56. The SMILES string of the molecule is CC/C=C\C/C=C\C/C=C\C/C=C\C=C/C(O)C/C=C\CCC(=O)O[C@H](COC(=O)CCCCCCCCCC(C)C)COP(=O)(O)OP(=O)(O)OC[C@H]1O[C@@H](n2ccc(N)nc2=O)[C@H](O)[C@@H]1O. The number of phosphoric ester groups is 2. The topological polar surface area (TPSA) is 286 Å². The zero-order chi connectivity index (χ0) is 50.2. The number of allylic oxidation sites excluding steroid dienone is 10. The van der Waals surface area contributed by atoms with Crippen LogP contribution in [0.2, 0.25) is 0 Å². The average Bonchev–Trinajstić information content (AvgIpc) is 3.55. The zero-order valence-electron chi connectivity index (χ0n) is 39.7. The van der Waals surface area contributed by atoms with E-state index in [0.29, 0.717) is 12.3 Å². The molecule has 21 heteroatoms. The van der Waals surface area contributed by atoms with Crippen molar-refractivity contribution in [3.05, 3.63) is 95.7 Å². The lowest BCUT2D eigenvalue weighted by Crippen LogP contribution is -2.36. The summed E-state index contributed by atoms with van der Waals surface area (Å²) in [6.45, 7) is 4.05. The smallest absolute Gasteiger partial charge is 0.462 e. The molecule has 384 valence electrons. The summed E-state index contributed by atoms with van der Waals surface area (Å²) >= 11 is 0. The fourth-order valence-corrected chi connectivity index (χ4v) is 8.54. The van der Waals surface area contributed by atoms with Gasteiger partial charge in [0.25, 0.3) is 0 Å². The molecule has 1 aromatic rings. The van der Waals surface area contributed by atoms with Gasteiger partial charge in [0, 0.05) is 19.0 Å². The van der Waals surface area contributed by atoms with Gasteiger partial charge in [-0.15, -0.1) is 0 Å². The van der Waals surface area contributed by atoms with Crippen LogP contribution < -0.4 is 11.4 Å². The maximum absolute atomic E-state index is 12.8. The maximum atomic E-state index is 12.8. The normalized spacial score (nSPS) is 20.7. The Balaban J connectivity index is 1.88. The largest absolute Gasteiger partial charge is 0.481 e. The third-order valence-electron chi connectivity index (χ3n) is 10.1. The average molecular weight is 1000 g/mol. The summed E-state index contributed by atoms with van der Waals surface area (Å²) in [6.07, 6.45) is 27.8. The number of anilines is 1. The highest BCUT2D eigenvalue weighted by Gasteiger charge is 2.46. The lowest BCUT2D eigenvalue weighted by Gasteiger charge is -2.21. The Morgan fingerprint density at radius 1 is 0.824 bits per heavy atom. The van der Waals surface area contributed by atoms with Crippen LogP contribution in [0, 0.1) is 5.92 Å². The number of carbonyl (C=O) groups excluding carboxylic acids is 2. The summed E-state index contributed by atoms with van der Waals surface area (Å²) in [5.74, 6) is -0.816. The fourth-order valence-electron chi connectivity index (χ4n) is 6.43. The minimum Gasteiger partial charge on any atom is -0.462 e. The van der Waals surface area contributed by atoms with Crippen molar-refractivity contribution in [2.45, 2.75) is 160 Å². The molecule has 0 radical (unpaired) electrons. The second kappa shape index (κ2) is 34.5. The zero-order valence-corrected chi connectivity index (χ0v) is 41.4. The van der Waals surface area contributed by atoms with Crippen LogP contribution >= 0.6 is 15.6 Å². The molecule has 0 aliphatic carbocycles. The van der Waals surface area contributed by atoms with E-state index in [1.165, 1.54) is 25.3 Å². The maximum Gasteiger partial charge on any atom is 0.481 e. The molecule has 7 N–H and O–H groups in total. The third kappa shape index (κ3) is 28.0. The quantitative estimate of drug-likeness (QED) is 0.0123. The van der Waals surface area contributed by atoms with Crippen molar-refractivity contribution in [1.82, 2.24) is 9.55 Å². The third-order valence-corrected chi connectivity index (χ3v) is 12.7. The summed E-state index contributed by atoms with van der Waals surface area (Å²) in [4.78, 5) is 61.7. The number of carbonyl (C=O) groups is 2. The first-order chi connectivity index (χ1) is 32.4. The number of phosphoric acid groups is 2. The van der Waals surface area contributed by atoms with E-state index in [-0.39, 0.29) is 31.5 Å². The second-order valence-electron chi connectivity index (χ2n) is 16.6. The second-order valence-corrected chi connectivity index (χ2v) is 19.6. The molecule has 1 aromatic heterocycles. The molecule has 3 unspecified atom stereocenters. The van der Waals surface area contributed by atoms with Gasteiger partial charge in [-0.05, 0) is 56.9 Å². The number of esters is 2. The van der Waals surface area contributed by atoms with Crippen molar-refractivity contribution in [3.8, 4) is 0 Å². The Morgan fingerprint density at radius 2 is 1.46 bits per heavy atom. The molecule has 2 heterocycles. The van der Waals surface area contributed by atoms with Gasteiger partial charge in [0.15, 0.2) is 12.3 Å². The highest BCUT2D eigenvalue weighted by Crippen LogP contribution is 2.60. The summed E-state index contributed by atoms with van der Waals surface area (Å²) in [6, 6.07) is 1.23. The van der Waals surface area contributed by atoms with Gasteiger partial charge in [-0.25, -0.2) is 13.9 Å². The first kappa shape index (κ1) is 60.3. The lowest BCUT2D eigenvalue weighted by atomic mass is 10.0. The van der Waals surface area contributed by atoms with E-state index < -0.39 is 89.8 Å². The predicted octanol–water partition coefficient (Wildman–Crippen LogP) is 7.77. The van der Waals surface area contributed by atoms with Crippen LogP contribution in [-0.4, -0.2) is 96.9 Å². The van der Waals surface area contributed by atoms with Gasteiger partial charge in [0.1, 0.15) is 30.7 Å². The number of nitrogen functional groups attached to an aromatic ring is 1. The van der Waals surface area contributed by atoms with Crippen molar-refractivity contribution in [1.29, 1.82) is 0 Å².